The van der Waals surface area contributed by atoms with Crippen LogP contribution in [-0.4, -0.2) is 38.9 Å². The van der Waals surface area contributed by atoms with Crippen LogP contribution in [0.2, 0.25) is 0 Å². The average Bonchev–Trinajstić information content (AvgIpc) is 2.98. The Hall–Kier alpha value is -2.73. The number of carbonyl (C=O) groups is 1. The second-order valence-corrected chi connectivity index (χ2v) is 6.51. The van der Waals surface area contributed by atoms with Gasteiger partial charge in [-0.05, 0) is 17.7 Å². The van der Waals surface area contributed by atoms with E-state index in [9.17, 15) is 4.79 Å². The first-order valence-corrected chi connectivity index (χ1v) is 8.50. The Labute approximate surface area is 146 Å². The molecule has 1 aliphatic heterocycles. The number of hydrogen-bond donors (Lipinski definition) is 1. The lowest BCUT2D eigenvalue weighted by molar-refractivity contribution is -0.135. The Kier molecular flexibility index (Phi) is 4.19. The molecule has 0 fully saturated rings. The normalized spacial score (nSPS) is 17.1. The minimum Gasteiger partial charge on any atom is -0.341 e. The number of amides is 1. The largest absolute Gasteiger partial charge is 0.341 e. The van der Waals surface area contributed by atoms with Crippen LogP contribution in [0, 0.1) is 5.92 Å². The minimum atomic E-state index is -0.0893. The van der Waals surface area contributed by atoms with Crippen molar-refractivity contribution in [3.05, 3.63) is 60.3 Å². The van der Waals surface area contributed by atoms with Gasteiger partial charge in [0.25, 0.3) is 0 Å². The molecule has 4 rings (SSSR count). The fourth-order valence-electron chi connectivity index (χ4n) is 3.44. The third-order valence-electron chi connectivity index (χ3n) is 4.76. The van der Waals surface area contributed by atoms with E-state index in [2.05, 4.69) is 25.9 Å². The summed E-state index contributed by atoms with van der Waals surface area (Å²) in [5.41, 5.74) is 2.08. The summed E-state index contributed by atoms with van der Waals surface area (Å²) >= 11 is 0. The summed E-state index contributed by atoms with van der Waals surface area (Å²) in [6, 6.07) is 10.0. The van der Waals surface area contributed by atoms with Gasteiger partial charge in [0.15, 0.2) is 0 Å². The van der Waals surface area contributed by atoms with Crippen LogP contribution in [0.25, 0.3) is 10.9 Å². The van der Waals surface area contributed by atoms with Gasteiger partial charge in [-0.3, -0.25) is 9.78 Å². The number of imidazole rings is 1. The summed E-state index contributed by atoms with van der Waals surface area (Å²) in [6.07, 6.45) is 5.54. The summed E-state index contributed by atoms with van der Waals surface area (Å²) in [4.78, 5) is 23.5. The predicted molar refractivity (Wildman–Crippen MR) is 95.6 cm³/mol. The van der Waals surface area contributed by atoms with Crippen molar-refractivity contribution >= 4 is 16.8 Å². The molecule has 0 spiro atoms. The maximum Gasteiger partial charge on any atom is 0.228 e. The van der Waals surface area contributed by atoms with Crippen molar-refractivity contribution in [2.45, 2.75) is 19.6 Å². The molecular weight excluding hydrogens is 314 g/mol. The van der Waals surface area contributed by atoms with Crippen molar-refractivity contribution < 1.29 is 4.79 Å². The number of fused-ring (bicyclic) bond motifs is 2. The molecule has 1 aromatic carbocycles. The highest BCUT2D eigenvalue weighted by atomic mass is 16.2. The number of aromatic nitrogens is 3. The molecule has 3 aromatic rings. The fourth-order valence-corrected chi connectivity index (χ4v) is 3.44. The summed E-state index contributed by atoms with van der Waals surface area (Å²) in [7, 11) is 1.87. The summed E-state index contributed by atoms with van der Waals surface area (Å²) in [5.74, 6) is 1.04. The van der Waals surface area contributed by atoms with Crippen LogP contribution in [0.1, 0.15) is 11.4 Å². The van der Waals surface area contributed by atoms with Gasteiger partial charge in [0.1, 0.15) is 5.82 Å². The standard InChI is InChI=1S/C19H21N5O/c1-23(12-14-6-7-21-17-5-3-2-4-16(14)17)19(25)15-10-20-11-18-22-8-9-24(18)13-15/h2-9,15,20H,10-13H2,1H3. The Bertz CT molecular complexity index is 898. The van der Waals surface area contributed by atoms with Crippen molar-refractivity contribution in [2.75, 3.05) is 13.6 Å². The molecule has 6 heteroatoms. The second kappa shape index (κ2) is 6.64. The third kappa shape index (κ3) is 3.13. The number of nitrogens with one attached hydrogen (secondary N) is 1. The monoisotopic (exact) mass is 335 g/mol. The fraction of sp³-hybridized carbons (Fsp3) is 0.316. The van der Waals surface area contributed by atoms with Gasteiger partial charge in [-0.1, -0.05) is 18.2 Å². The highest BCUT2D eigenvalue weighted by Gasteiger charge is 2.25. The van der Waals surface area contributed by atoms with E-state index in [1.165, 1.54) is 0 Å². The van der Waals surface area contributed by atoms with E-state index >= 15 is 0 Å². The lowest BCUT2D eigenvalue weighted by Crippen LogP contribution is -2.38. The Morgan fingerprint density at radius 1 is 1.28 bits per heavy atom. The van der Waals surface area contributed by atoms with Gasteiger partial charge in [0.05, 0.1) is 18.0 Å². The van der Waals surface area contributed by atoms with Crippen molar-refractivity contribution in [1.82, 2.24) is 24.8 Å². The number of carbonyl (C=O) groups excluding carboxylic acids is 1. The van der Waals surface area contributed by atoms with Gasteiger partial charge in [0, 0.05) is 50.7 Å². The first kappa shape index (κ1) is 15.8. The van der Waals surface area contributed by atoms with Gasteiger partial charge in [-0.15, -0.1) is 0 Å². The number of benzene rings is 1. The van der Waals surface area contributed by atoms with Gasteiger partial charge in [-0.25, -0.2) is 4.98 Å². The van der Waals surface area contributed by atoms with E-state index < -0.39 is 0 Å². The van der Waals surface area contributed by atoms with Crippen molar-refractivity contribution in [3.8, 4) is 0 Å². The van der Waals surface area contributed by atoms with Crippen molar-refractivity contribution in [3.63, 3.8) is 0 Å². The average molecular weight is 335 g/mol. The molecule has 0 radical (unpaired) electrons. The molecule has 1 N–H and O–H groups in total. The summed E-state index contributed by atoms with van der Waals surface area (Å²) < 4.78 is 2.07. The zero-order valence-electron chi connectivity index (χ0n) is 14.2. The molecule has 0 saturated heterocycles. The highest BCUT2D eigenvalue weighted by Crippen LogP contribution is 2.19. The quantitative estimate of drug-likeness (QED) is 0.793. The molecule has 1 amide bonds. The van der Waals surface area contributed by atoms with Crippen LogP contribution in [0.4, 0.5) is 0 Å². The molecule has 25 heavy (non-hydrogen) atoms. The molecule has 3 heterocycles. The molecule has 0 aliphatic carbocycles. The molecule has 2 aromatic heterocycles. The van der Waals surface area contributed by atoms with Gasteiger partial charge < -0.3 is 14.8 Å². The molecule has 1 atom stereocenters. The van der Waals surface area contributed by atoms with Crippen molar-refractivity contribution in [2.24, 2.45) is 5.92 Å². The molecule has 128 valence electrons. The molecular formula is C19H21N5O. The van der Waals surface area contributed by atoms with E-state index in [0.717, 1.165) is 22.3 Å². The Morgan fingerprint density at radius 2 is 2.16 bits per heavy atom. The molecule has 1 aliphatic rings. The lowest BCUT2D eigenvalue weighted by atomic mass is 10.1. The summed E-state index contributed by atoms with van der Waals surface area (Å²) in [6.45, 7) is 2.62. The number of nitrogens with zero attached hydrogens (tertiary/aromatic N) is 4. The molecule has 6 nitrogen and oxygen atoms in total. The topological polar surface area (TPSA) is 63.1 Å². The van der Waals surface area contributed by atoms with E-state index in [1.54, 1.807) is 12.4 Å². The van der Waals surface area contributed by atoms with Crippen LogP contribution in [0.5, 0.6) is 0 Å². The van der Waals surface area contributed by atoms with Gasteiger partial charge in [0.2, 0.25) is 5.91 Å². The number of rotatable bonds is 3. The predicted octanol–water partition coefficient (Wildman–Crippen LogP) is 1.81. The molecule has 0 bridgehead atoms. The Balaban J connectivity index is 1.52. The third-order valence-corrected chi connectivity index (χ3v) is 4.76. The Morgan fingerprint density at radius 3 is 3.08 bits per heavy atom. The maximum absolute atomic E-state index is 13.0. The van der Waals surface area contributed by atoms with Crippen LogP contribution in [0.15, 0.2) is 48.9 Å². The first-order chi connectivity index (χ1) is 12.2. The number of hydrogen-bond acceptors (Lipinski definition) is 4. The molecule has 0 saturated carbocycles. The van der Waals surface area contributed by atoms with Gasteiger partial charge in [-0.2, -0.15) is 0 Å². The van der Waals surface area contributed by atoms with Crippen molar-refractivity contribution in [1.29, 1.82) is 0 Å². The lowest BCUT2D eigenvalue weighted by Gasteiger charge is -2.24. The van der Waals surface area contributed by atoms with Gasteiger partial charge >= 0.3 is 0 Å². The zero-order valence-corrected chi connectivity index (χ0v) is 14.2. The minimum absolute atomic E-state index is 0.0893. The van der Waals surface area contributed by atoms with Crippen LogP contribution < -0.4 is 5.32 Å². The van der Waals surface area contributed by atoms with E-state index in [0.29, 0.717) is 26.2 Å². The number of para-hydroxylation sites is 1. The second-order valence-electron chi connectivity index (χ2n) is 6.51. The van der Waals surface area contributed by atoms with Crippen LogP contribution >= 0.6 is 0 Å². The zero-order chi connectivity index (χ0) is 17.2. The van der Waals surface area contributed by atoms with Crippen LogP contribution in [0.3, 0.4) is 0 Å². The summed E-state index contributed by atoms with van der Waals surface area (Å²) in [5, 5.41) is 4.43. The number of pyridine rings is 1. The van der Waals surface area contributed by atoms with E-state index in [4.69, 9.17) is 0 Å². The van der Waals surface area contributed by atoms with Crippen LogP contribution in [-0.2, 0) is 24.4 Å². The molecule has 1 unspecified atom stereocenters. The smallest absolute Gasteiger partial charge is 0.228 e. The first-order valence-electron chi connectivity index (χ1n) is 8.50. The van der Waals surface area contributed by atoms with E-state index in [1.807, 2.05) is 42.4 Å². The highest BCUT2D eigenvalue weighted by molar-refractivity contribution is 5.83. The SMILES string of the molecule is CN(Cc1ccnc2ccccc12)C(=O)C1CNCc2nccn2C1. The maximum atomic E-state index is 13.0. The van der Waals surface area contributed by atoms with E-state index in [-0.39, 0.29) is 11.8 Å².